The van der Waals surface area contributed by atoms with E-state index in [1.807, 2.05) is 0 Å². The van der Waals surface area contributed by atoms with E-state index < -0.39 is 6.10 Å². The van der Waals surface area contributed by atoms with Gasteiger partial charge in [0, 0.05) is 19.3 Å². The van der Waals surface area contributed by atoms with Crippen LogP contribution in [-0.4, -0.2) is 37.2 Å². The molecule has 0 heterocycles. The molecule has 0 radical (unpaired) electrons. The van der Waals surface area contributed by atoms with Crippen molar-refractivity contribution in [1.82, 2.24) is 0 Å². The monoisotopic (exact) mass is 929 g/mol. The van der Waals surface area contributed by atoms with Crippen molar-refractivity contribution in [2.45, 2.75) is 329 Å². The summed E-state index contributed by atoms with van der Waals surface area (Å²) in [6.07, 6.45) is 64.5. The zero-order valence-corrected chi connectivity index (χ0v) is 44.5. The normalized spacial score (nSPS) is 12.1. The summed E-state index contributed by atoms with van der Waals surface area (Å²) in [5.41, 5.74) is 0. The number of esters is 3. The molecule has 0 saturated carbocycles. The second-order valence-corrected chi connectivity index (χ2v) is 19.9. The van der Waals surface area contributed by atoms with Crippen LogP contribution in [0, 0.1) is 0 Å². The Bertz CT molecular complexity index is 1070. The number of rotatable bonds is 54. The summed E-state index contributed by atoms with van der Waals surface area (Å²) >= 11 is 0. The molecule has 0 aliphatic rings. The predicted octanol–water partition coefficient (Wildman–Crippen LogP) is 19.5. The number of carbonyl (C=O) groups is 3. The molecule has 1 atom stereocenters. The van der Waals surface area contributed by atoms with Crippen LogP contribution in [0.15, 0.2) is 24.3 Å². The number of unbranched alkanes of at least 4 members (excludes halogenated alkanes) is 39. The topological polar surface area (TPSA) is 78.9 Å². The third-order valence-electron chi connectivity index (χ3n) is 13.2. The van der Waals surface area contributed by atoms with Gasteiger partial charge in [0.25, 0.3) is 0 Å². The van der Waals surface area contributed by atoms with E-state index >= 15 is 0 Å². The van der Waals surface area contributed by atoms with E-state index in [9.17, 15) is 14.4 Å². The Morgan fingerprint density at radius 2 is 0.500 bits per heavy atom. The van der Waals surface area contributed by atoms with Crippen molar-refractivity contribution in [3.8, 4) is 0 Å². The molecule has 0 bridgehead atoms. The van der Waals surface area contributed by atoms with E-state index in [-0.39, 0.29) is 31.1 Å². The van der Waals surface area contributed by atoms with Gasteiger partial charge < -0.3 is 14.2 Å². The number of hydrogen-bond acceptors (Lipinski definition) is 6. The molecule has 0 aliphatic carbocycles. The zero-order chi connectivity index (χ0) is 47.9. The van der Waals surface area contributed by atoms with Crippen LogP contribution in [0.5, 0.6) is 0 Å². The van der Waals surface area contributed by atoms with Gasteiger partial charge in [0.15, 0.2) is 6.10 Å². The van der Waals surface area contributed by atoms with E-state index in [1.165, 1.54) is 218 Å². The summed E-state index contributed by atoms with van der Waals surface area (Å²) in [6, 6.07) is 0. The van der Waals surface area contributed by atoms with Gasteiger partial charge in [-0.25, -0.2) is 0 Å². The molecule has 0 aromatic carbocycles. The summed E-state index contributed by atoms with van der Waals surface area (Å²) in [7, 11) is 0. The van der Waals surface area contributed by atoms with Crippen LogP contribution in [0.25, 0.3) is 0 Å². The predicted molar refractivity (Wildman–Crippen MR) is 284 cm³/mol. The average Bonchev–Trinajstić information content (AvgIpc) is 3.31. The minimum absolute atomic E-state index is 0.0706. The van der Waals surface area contributed by atoms with Gasteiger partial charge in [-0.2, -0.15) is 0 Å². The van der Waals surface area contributed by atoms with Gasteiger partial charge in [-0.1, -0.05) is 257 Å². The minimum Gasteiger partial charge on any atom is -0.462 e. The smallest absolute Gasteiger partial charge is 0.306 e. The molecule has 0 spiro atoms. The van der Waals surface area contributed by atoms with Crippen molar-refractivity contribution in [2.75, 3.05) is 13.2 Å². The molecular formula is C60H112O6. The lowest BCUT2D eigenvalue weighted by Gasteiger charge is -2.18. The van der Waals surface area contributed by atoms with Crippen LogP contribution in [0.3, 0.4) is 0 Å². The maximum atomic E-state index is 12.9. The molecule has 1 unspecified atom stereocenters. The summed E-state index contributed by atoms with van der Waals surface area (Å²) in [5, 5.41) is 0. The largest absolute Gasteiger partial charge is 0.462 e. The Hall–Kier alpha value is -2.11. The Morgan fingerprint density at radius 1 is 0.288 bits per heavy atom. The molecule has 6 nitrogen and oxygen atoms in total. The fourth-order valence-corrected chi connectivity index (χ4v) is 8.73. The summed E-state index contributed by atoms with van der Waals surface area (Å²) < 4.78 is 16.9. The lowest BCUT2D eigenvalue weighted by atomic mass is 10.0. The molecule has 0 N–H and O–H groups in total. The molecule has 388 valence electrons. The molecule has 66 heavy (non-hydrogen) atoms. The molecule has 6 heteroatoms. The standard InChI is InChI=1S/C60H112O6/c1-4-7-10-13-16-19-22-25-27-29-30-32-33-35-38-41-44-47-50-53-59(62)65-56-57(55-64-58(61)52-49-46-43-40-37-24-21-18-15-12-9-6-3)66-60(63)54-51-48-45-42-39-36-34-31-28-26-23-20-17-14-11-8-5-2/h18,21,25,27,57H,4-17,19-20,22-24,26,28-56H2,1-3H3/b21-18-,27-25-. The quantitative estimate of drug-likeness (QED) is 0.0262. The molecule has 0 rings (SSSR count). The first-order chi connectivity index (χ1) is 32.5. The molecular weight excluding hydrogens is 817 g/mol. The third kappa shape index (κ3) is 52.9. The highest BCUT2D eigenvalue weighted by atomic mass is 16.6. The van der Waals surface area contributed by atoms with Gasteiger partial charge >= 0.3 is 17.9 Å². The Morgan fingerprint density at radius 3 is 0.788 bits per heavy atom. The van der Waals surface area contributed by atoms with Gasteiger partial charge in [-0.15, -0.1) is 0 Å². The lowest BCUT2D eigenvalue weighted by molar-refractivity contribution is -0.167. The van der Waals surface area contributed by atoms with Gasteiger partial charge in [-0.05, 0) is 70.6 Å². The second-order valence-electron chi connectivity index (χ2n) is 19.9. The fraction of sp³-hybridized carbons (Fsp3) is 0.883. The Labute approximate surface area is 411 Å². The van der Waals surface area contributed by atoms with Gasteiger partial charge in [0.05, 0.1) is 0 Å². The summed E-state index contributed by atoms with van der Waals surface area (Å²) in [4.78, 5) is 38.1. The number of allylic oxidation sites excluding steroid dienone is 4. The maximum Gasteiger partial charge on any atom is 0.306 e. The van der Waals surface area contributed by atoms with Gasteiger partial charge in [-0.3, -0.25) is 14.4 Å². The van der Waals surface area contributed by atoms with Crippen molar-refractivity contribution in [3.63, 3.8) is 0 Å². The lowest BCUT2D eigenvalue weighted by Crippen LogP contribution is -2.30. The molecule has 0 aromatic rings. The minimum atomic E-state index is -0.771. The highest BCUT2D eigenvalue weighted by Crippen LogP contribution is 2.17. The van der Waals surface area contributed by atoms with Gasteiger partial charge in [0.2, 0.25) is 0 Å². The number of carbonyl (C=O) groups excluding carboxylic acids is 3. The van der Waals surface area contributed by atoms with Crippen molar-refractivity contribution in [3.05, 3.63) is 24.3 Å². The first kappa shape index (κ1) is 63.9. The van der Waals surface area contributed by atoms with E-state index in [1.54, 1.807) is 0 Å². The van der Waals surface area contributed by atoms with E-state index in [2.05, 4.69) is 45.1 Å². The van der Waals surface area contributed by atoms with Crippen molar-refractivity contribution >= 4 is 17.9 Å². The maximum absolute atomic E-state index is 12.9. The van der Waals surface area contributed by atoms with Crippen LogP contribution >= 0.6 is 0 Å². The second kappa shape index (κ2) is 55.5. The molecule has 0 aliphatic heterocycles. The van der Waals surface area contributed by atoms with Crippen LogP contribution < -0.4 is 0 Å². The van der Waals surface area contributed by atoms with Crippen LogP contribution in [0.1, 0.15) is 323 Å². The van der Waals surface area contributed by atoms with Gasteiger partial charge in [0.1, 0.15) is 13.2 Å². The summed E-state index contributed by atoms with van der Waals surface area (Å²) in [6.45, 7) is 6.65. The Kier molecular flexibility index (Phi) is 53.7. The van der Waals surface area contributed by atoms with Crippen LogP contribution in [-0.2, 0) is 28.6 Å². The van der Waals surface area contributed by atoms with Crippen molar-refractivity contribution in [1.29, 1.82) is 0 Å². The Balaban J connectivity index is 4.30. The third-order valence-corrected chi connectivity index (χ3v) is 13.2. The first-order valence-electron chi connectivity index (χ1n) is 29.3. The number of hydrogen-bond donors (Lipinski definition) is 0. The van der Waals surface area contributed by atoms with E-state index in [4.69, 9.17) is 14.2 Å². The van der Waals surface area contributed by atoms with Crippen LogP contribution in [0.2, 0.25) is 0 Å². The average molecular weight is 930 g/mol. The van der Waals surface area contributed by atoms with Crippen LogP contribution in [0.4, 0.5) is 0 Å². The van der Waals surface area contributed by atoms with E-state index in [0.717, 1.165) is 64.2 Å². The fourth-order valence-electron chi connectivity index (χ4n) is 8.73. The SMILES string of the molecule is CCCCC/C=C\CCCCCCCC(=O)OCC(COC(=O)CCCCCCCCCCC/C=C\CCCCCCCC)OC(=O)CCCCCCCCCCCCCCCCCCC. The highest BCUT2D eigenvalue weighted by molar-refractivity contribution is 5.71. The van der Waals surface area contributed by atoms with Crippen molar-refractivity contribution in [2.24, 2.45) is 0 Å². The first-order valence-corrected chi connectivity index (χ1v) is 29.3. The highest BCUT2D eigenvalue weighted by Gasteiger charge is 2.19. The van der Waals surface area contributed by atoms with Crippen molar-refractivity contribution < 1.29 is 28.6 Å². The molecule has 0 saturated heterocycles. The molecule has 0 aromatic heterocycles. The summed E-state index contributed by atoms with van der Waals surface area (Å²) in [5.74, 6) is -0.861. The zero-order valence-electron chi connectivity index (χ0n) is 44.5. The van der Waals surface area contributed by atoms with E-state index in [0.29, 0.717) is 19.3 Å². The number of ether oxygens (including phenoxy) is 3. The molecule has 0 amide bonds. The molecule has 0 fully saturated rings.